The lowest BCUT2D eigenvalue weighted by molar-refractivity contribution is 0.104. The Balaban J connectivity index is 2.17. The fraction of sp³-hybridized carbons (Fsp3) is 0.167. The van der Waals surface area contributed by atoms with Gasteiger partial charge in [0.25, 0.3) is 5.76 Å². The van der Waals surface area contributed by atoms with Crippen LogP contribution < -0.4 is 4.74 Å². The van der Waals surface area contributed by atoms with Crippen molar-refractivity contribution in [3.8, 4) is 5.75 Å². The highest BCUT2D eigenvalue weighted by Crippen LogP contribution is 2.34. The fourth-order valence-corrected chi connectivity index (χ4v) is 2.56. The highest BCUT2D eigenvalue weighted by atomic mass is 32.2. The molecule has 0 spiro atoms. The fourth-order valence-electron chi connectivity index (χ4n) is 1.96. The van der Waals surface area contributed by atoms with E-state index in [4.69, 9.17) is 4.74 Å². The summed E-state index contributed by atoms with van der Waals surface area (Å²) in [4.78, 5) is 12.5. The Morgan fingerprint density at radius 3 is 2.48 bits per heavy atom. The molecule has 0 aliphatic carbocycles. The van der Waals surface area contributed by atoms with Crippen LogP contribution in [-0.4, -0.2) is 18.7 Å². The van der Waals surface area contributed by atoms with E-state index in [1.165, 1.54) is 31.4 Å². The van der Waals surface area contributed by atoms with E-state index in [1.807, 2.05) is 31.2 Å². The first-order valence-corrected chi connectivity index (χ1v) is 7.79. The van der Waals surface area contributed by atoms with Gasteiger partial charge >= 0.3 is 0 Å². The van der Waals surface area contributed by atoms with E-state index in [9.17, 15) is 13.6 Å². The summed E-state index contributed by atoms with van der Waals surface area (Å²) in [5, 5.41) is 0. The molecule has 0 bridgehead atoms. The van der Waals surface area contributed by atoms with E-state index in [-0.39, 0.29) is 11.5 Å². The number of hydrogen-bond donors (Lipinski definition) is 0. The predicted octanol–water partition coefficient (Wildman–Crippen LogP) is 5.21. The molecule has 0 aliphatic rings. The van der Waals surface area contributed by atoms with Crippen molar-refractivity contribution in [1.82, 2.24) is 0 Å². The van der Waals surface area contributed by atoms with Crippen LogP contribution in [0.25, 0.3) is 6.08 Å². The lowest BCUT2D eigenvalue weighted by Crippen LogP contribution is -1.97. The number of carbonyl (C=O) groups excluding carboxylic acids is 1. The van der Waals surface area contributed by atoms with Gasteiger partial charge in [0.05, 0.1) is 12.0 Å². The van der Waals surface area contributed by atoms with Crippen molar-refractivity contribution >= 4 is 23.6 Å². The minimum atomic E-state index is -2.54. The first kappa shape index (κ1) is 17.2. The van der Waals surface area contributed by atoms with Gasteiger partial charge in [-0.2, -0.15) is 8.78 Å². The van der Waals surface area contributed by atoms with Gasteiger partial charge in [-0.25, -0.2) is 0 Å². The number of ketones is 1. The number of carbonyl (C=O) groups is 1. The average molecular weight is 334 g/mol. The molecule has 0 aliphatic heterocycles. The van der Waals surface area contributed by atoms with Gasteiger partial charge in [0.1, 0.15) is 5.75 Å². The molecule has 0 heterocycles. The van der Waals surface area contributed by atoms with Gasteiger partial charge in [-0.3, -0.25) is 4.79 Å². The van der Waals surface area contributed by atoms with Crippen LogP contribution in [0.3, 0.4) is 0 Å². The van der Waals surface area contributed by atoms with Gasteiger partial charge in [-0.15, -0.1) is 0 Å². The van der Waals surface area contributed by atoms with Crippen molar-refractivity contribution in [2.45, 2.75) is 17.6 Å². The number of benzene rings is 2. The van der Waals surface area contributed by atoms with Crippen molar-refractivity contribution in [1.29, 1.82) is 0 Å². The van der Waals surface area contributed by atoms with Gasteiger partial charge in [0, 0.05) is 5.56 Å². The monoisotopic (exact) mass is 334 g/mol. The maximum atomic E-state index is 12.5. The molecule has 0 fully saturated rings. The molecule has 0 aromatic heterocycles. The van der Waals surface area contributed by atoms with E-state index in [0.717, 1.165) is 11.1 Å². The molecule has 0 radical (unpaired) electrons. The molecule has 2 aromatic rings. The topological polar surface area (TPSA) is 26.3 Å². The summed E-state index contributed by atoms with van der Waals surface area (Å²) in [5.74, 6) is -2.48. The largest absolute Gasteiger partial charge is 0.496 e. The number of thioether (sulfide) groups is 1. The molecule has 2 aromatic carbocycles. The minimum Gasteiger partial charge on any atom is -0.496 e. The third-order valence-corrected chi connectivity index (χ3v) is 3.94. The SMILES string of the molecule is COc1cc(C(=O)/C=C/c2ccc(C)cc2)ccc1SC(F)F. The second-order valence-corrected chi connectivity index (χ2v) is 5.88. The summed E-state index contributed by atoms with van der Waals surface area (Å²) < 4.78 is 30.0. The number of halogens is 2. The Hall–Kier alpha value is -2.14. The highest BCUT2D eigenvalue weighted by Gasteiger charge is 2.13. The molecular weight excluding hydrogens is 318 g/mol. The van der Waals surface area contributed by atoms with Gasteiger partial charge in [0.15, 0.2) is 5.78 Å². The first-order chi connectivity index (χ1) is 11.0. The molecule has 2 nitrogen and oxygen atoms in total. The van der Waals surface area contributed by atoms with Crippen molar-refractivity contribution in [3.63, 3.8) is 0 Å². The predicted molar refractivity (Wildman–Crippen MR) is 89.4 cm³/mol. The van der Waals surface area contributed by atoms with Crippen molar-refractivity contribution < 1.29 is 18.3 Å². The van der Waals surface area contributed by atoms with E-state index in [1.54, 1.807) is 6.08 Å². The molecule has 0 amide bonds. The Labute approximate surface area is 138 Å². The van der Waals surface area contributed by atoms with Crippen LogP contribution in [-0.2, 0) is 0 Å². The third kappa shape index (κ3) is 4.93. The standard InChI is InChI=1S/C18H16F2O2S/c1-12-3-5-13(6-4-12)7-9-15(21)14-8-10-17(23-18(19)20)16(11-14)22-2/h3-11,18H,1-2H3/b9-7+. The second-order valence-electron chi connectivity index (χ2n) is 4.85. The summed E-state index contributed by atoms with van der Waals surface area (Å²) in [6.45, 7) is 1.99. The van der Waals surface area contributed by atoms with Crippen LogP contribution in [0.2, 0.25) is 0 Å². The highest BCUT2D eigenvalue weighted by molar-refractivity contribution is 7.99. The van der Waals surface area contributed by atoms with Crippen molar-refractivity contribution in [2.24, 2.45) is 0 Å². The van der Waals surface area contributed by atoms with Crippen molar-refractivity contribution in [3.05, 3.63) is 65.2 Å². The molecule has 0 N–H and O–H groups in total. The van der Waals surface area contributed by atoms with Crippen molar-refractivity contribution in [2.75, 3.05) is 7.11 Å². The van der Waals surface area contributed by atoms with E-state index >= 15 is 0 Å². The van der Waals surface area contributed by atoms with Crippen LogP contribution in [0.1, 0.15) is 21.5 Å². The van der Waals surface area contributed by atoms with Crippen LogP contribution in [0.5, 0.6) is 5.75 Å². The Morgan fingerprint density at radius 1 is 1.17 bits per heavy atom. The molecule has 0 saturated carbocycles. The maximum Gasteiger partial charge on any atom is 0.289 e. The molecule has 0 unspecified atom stereocenters. The van der Waals surface area contributed by atoms with Crippen LogP contribution in [0.4, 0.5) is 8.78 Å². The Kier molecular flexibility index (Phi) is 5.93. The second kappa shape index (κ2) is 7.92. The number of alkyl halides is 2. The minimum absolute atomic E-state index is 0.211. The number of aryl methyl sites for hydroxylation is 1. The summed E-state index contributed by atoms with van der Waals surface area (Å²) in [5.41, 5.74) is 2.45. The number of allylic oxidation sites excluding steroid dienone is 1. The van der Waals surface area contributed by atoms with Crippen LogP contribution in [0.15, 0.2) is 53.4 Å². The zero-order valence-electron chi connectivity index (χ0n) is 12.8. The number of methoxy groups -OCH3 is 1. The Morgan fingerprint density at radius 2 is 1.87 bits per heavy atom. The summed E-state index contributed by atoms with van der Waals surface area (Å²) in [7, 11) is 1.39. The molecule has 0 saturated heterocycles. The molecule has 120 valence electrons. The van der Waals surface area contributed by atoms with Gasteiger partial charge < -0.3 is 4.74 Å². The lowest BCUT2D eigenvalue weighted by Gasteiger charge is -2.08. The number of ether oxygens (including phenoxy) is 1. The van der Waals surface area contributed by atoms with Crippen LogP contribution in [0, 0.1) is 6.92 Å². The summed E-state index contributed by atoms with van der Waals surface area (Å²) in [6.07, 6.45) is 3.18. The van der Waals surface area contributed by atoms with E-state index in [2.05, 4.69) is 0 Å². The third-order valence-electron chi connectivity index (χ3n) is 3.17. The molecule has 5 heteroatoms. The van der Waals surface area contributed by atoms with Gasteiger partial charge in [0.2, 0.25) is 0 Å². The lowest BCUT2D eigenvalue weighted by atomic mass is 10.1. The molecule has 2 rings (SSSR count). The smallest absolute Gasteiger partial charge is 0.289 e. The summed E-state index contributed by atoms with van der Waals surface area (Å²) >= 11 is 0.394. The number of rotatable bonds is 6. The molecular formula is C18H16F2O2S. The quantitative estimate of drug-likeness (QED) is 0.412. The van der Waals surface area contributed by atoms with Gasteiger partial charge in [-0.1, -0.05) is 47.7 Å². The Bertz CT molecular complexity index is 709. The summed E-state index contributed by atoms with van der Waals surface area (Å²) in [6, 6.07) is 12.2. The molecule has 0 atom stereocenters. The zero-order chi connectivity index (χ0) is 16.8. The first-order valence-electron chi connectivity index (χ1n) is 6.91. The number of hydrogen-bond acceptors (Lipinski definition) is 3. The molecule has 23 heavy (non-hydrogen) atoms. The van der Waals surface area contributed by atoms with E-state index in [0.29, 0.717) is 22.2 Å². The normalized spacial score (nSPS) is 11.2. The van der Waals surface area contributed by atoms with E-state index < -0.39 is 5.76 Å². The zero-order valence-corrected chi connectivity index (χ0v) is 13.6. The maximum absolute atomic E-state index is 12.5. The van der Waals surface area contributed by atoms with Gasteiger partial charge in [-0.05, 0) is 36.8 Å². The van der Waals surface area contributed by atoms with Crippen LogP contribution >= 0.6 is 11.8 Å². The average Bonchev–Trinajstić information content (AvgIpc) is 2.54.